The van der Waals surface area contributed by atoms with Gasteiger partial charge in [0.1, 0.15) is 11.3 Å². The standard InChI is InChI=1S/C14H23N3O2/c1-9-13(10(2)19-16-9)14(18)17(4)12-7-5-11(15-3)6-8-12/h11-12,15H,5-8H2,1-4H3. The zero-order valence-electron chi connectivity index (χ0n) is 12.2. The van der Waals surface area contributed by atoms with E-state index < -0.39 is 0 Å². The molecule has 1 N–H and O–H groups in total. The molecule has 19 heavy (non-hydrogen) atoms. The van der Waals surface area contributed by atoms with Gasteiger partial charge in [-0.3, -0.25) is 4.79 Å². The van der Waals surface area contributed by atoms with E-state index in [2.05, 4.69) is 10.5 Å². The molecule has 0 atom stereocenters. The molecule has 0 bridgehead atoms. The molecule has 1 aromatic rings. The lowest BCUT2D eigenvalue weighted by atomic mass is 9.90. The van der Waals surface area contributed by atoms with Crippen LogP contribution in [-0.4, -0.2) is 42.1 Å². The van der Waals surface area contributed by atoms with Crippen LogP contribution in [0.1, 0.15) is 47.5 Å². The maximum atomic E-state index is 12.5. The van der Waals surface area contributed by atoms with Crippen LogP contribution in [0.2, 0.25) is 0 Å². The molecule has 1 fully saturated rings. The summed E-state index contributed by atoms with van der Waals surface area (Å²) < 4.78 is 5.08. The normalized spacial score (nSPS) is 23.4. The van der Waals surface area contributed by atoms with Crippen LogP contribution in [0.15, 0.2) is 4.52 Å². The summed E-state index contributed by atoms with van der Waals surface area (Å²) in [6, 6.07) is 0.921. The van der Waals surface area contributed by atoms with Crippen molar-refractivity contribution in [3.05, 3.63) is 17.0 Å². The lowest BCUT2D eigenvalue weighted by molar-refractivity contribution is 0.0683. The zero-order valence-corrected chi connectivity index (χ0v) is 12.2. The Hall–Kier alpha value is -1.36. The van der Waals surface area contributed by atoms with E-state index in [0.717, 1.165) is 25.7 Å². The summed E-state index contributed by atoms with van der Waals surface area (Å²) in [5, 5.41) is 7.17. The second kappa shape index (κ2) is 5.74. The third-order valence-corrected chi connectivity index (χ3v) is 4.22. The minimum absolute atomic E-state index is 0.0316. The van der Waals surface area contributed by atoms with Crippen LogP contribution in [0.4, 0.5) is 0 Å². The SMILES string of the molecule is CNC1CCC(N(C)C(=O)c2c(C)noc2C)CC1. The minimum atomic E-state index is 0.0316. The summed E-state index contributed by atoms with van der Waals surface area (Å²) in [7, 11) is 3.89. The Kier molecular flexibility index (Phi) is 4.24. The predicted molar refractivity (Wildman–Crippen MR) is 73.2 cm³/mol. The molecule has 0 saturated heterocycles. The Morgan fingerprint density at radius 3 is 2.42 bits per heavy atom. The van der Waals surface area contributed by atoms with E-state index in [9.17, 15) is 4.79 Å². The molecule has 1 saturated carbocycles. The van der Waals surface area contributed by atoms with Crippen molar-refractivity contribution in [2.24, 2.45) is 0 Å². The topological polar surface area (TPSA) is 58.4 Å². The third kappa shape index (κ3) is 2.81. The van der Waals surface area contributed by atoms with Crippen LogP contribution in [0.5, 0.6) is 0 Å². The van der Waals surface area contributed by atoms with Crippen molar-refractivity contribution in [1.29, 1.82) is 0 Å². The van der Waals surface area contributed by atoms with Gasteiger partial charge in [-0.15, -0.1) is 0 Å². The highest BCUT2D eigenvalue weighted by Crippen LogP contribution is 2.24. The van der Waals surface area contributed by atoms with E-state index in [1.807, 2.05) is 25.9 Å². The van der Waals surface area contributed by atoms with Crippen molar-refractivity contribution in [3.8, 4) is 0 Å². The molecule has 106 valence electrons. The molecule has 1 amide bonds. The number of aromatic nitrogens is 1. The van der Waals surface area contributed by atoms with Crippen molar-refractivity contribution >= 4 is 5.91 Å². The van der Waals surface area contributed by atoms with Gasteiger partial charge in [-0.05, 0) is 46.6 Å². The molecule has 0 unspecified atom stereocenters. The highest BCUT2D eigenvalue weighted by Gasteiger charge is 2.29. The number of aryl methyl sites for hydroxylation is 2. The van der Waals surface area contributed by atoms with Crippen molar-refractivity contribution in [2.45, 2.75) is 51.6 Å². The highest BCUT2D eigenvalue weighted by molar-refractivity contribution is 5.96. The number of rotatable bonds is 3. The van der Waals surface area contributed by atoms with Crippen molar-refractivity contribution in [2.75, 3.05) is 14.1 Å². The summed E-state index contributed by atoms with van der Waals surface area (Å²) in [5.41, 5.74) is 1.30. The monoisotopic (exact) mass is 265 g/mol. The lowest BCUT2D eigenvalue weighted by Gasteiger charge is -2.34. The number of carbonyl (C=O) groups is 1. The molecular formula is C14H23N3O2. The summed E-state index contributed by atoms with van der Waals surface area (Å²) in [5.74, 6) is 0.641. The Bertz CT molecular complexity index is 428. The molecule has 0 aromatic carbocycles. The van der Waals surface area contributed by atoms with Crippen LogP contribution < -0.4 is 5.32 Å². The molecule has 0 radical (unpaired) electrons. The predicted octanol–water partition coefficient (Wildman–Crippen LogP) is 1.89. The average molecular weight is 265 g/mol. The maximum Gasteiger partial charge on any atom is 0.259 e. The van der Waals surface area contributed by atoms with Crippen LogP contribution >= 0.6 is 0 Å². The molecule has 0 aliphatic heterocycles. The lowest BCUT2D eigenvalue weighted by Crippen LogP contribution is -2.42. The van der Waals surface area contributed by atoms with Gasteiger partial charge in [0, 0.05) is 19.1 Å². The van der Waals surface area contributed by atoms with E-state index in [0.29, 0.717) is 29.1 Å². The largest absolute Gasteiger partial charge is 0.361 e. The molecule has 1 heterocycles. The second-order valence-corrected chi connectivity index (χ2v) is 5.41. The fourth-order valence-corrected chi connectivity index (χ4v) is 2.88. The Labute approximate surface area is 114 Å². The second-order valence-electron chi connectivity index (χ2n) is 5.41. The van der Waals surface area contributed by atoms with Gasteiger partial charge in [-0.1, -0.05) is 5.16 Å². The summed E-state index contributed by atoms with van der Waals surface area (Å²) in [6.45, 7) is 3.61. The molecule has 5 nitrogen and oxygen atoms in total. The number of amides is 1. The summed E-state index contributed by atoms with van der Waals surface area (Å²) in [6.07, 6.45) is 4.36. The molecule has 1 aromatic heterocycles. The van der Waals surface area contributed by atoms with Gasteiger partial charge in [0.2, 0.25) is 0 Å². The van der Waals surface area contributed by atoms with Gasteiger partial charge in [-0.2, -0.15) is 0 Å². The highest BCUT2D eigenvalue weighted by atomic mass is 16.5. The molecule has 1 aliphatic carbocycles. The molecule has 0 spiro atoms. The van der Waals surface area contributed by atoms with Crippen LogP contribution in [0, 0.1) is 13.8 Å². The van der Waals surface area contributed by atoms with Crippen LogP contribution in [0.3, 0.4) is 0 Å². The minimum Gasteiger partial charge on any atom is -0.361 e. The van der Waals surface area contributed by atoms with Gasteiger partial charge in [-0.25, -0.2) is 0 Å². The van der Waals surface area contributed by atoms with Gasteiger partial charge in [0.05, 0.1) is 5.69 Å². The number of carbonyl (C=O) groups excluding carboxylic acids is 1. The van der Waals surface area contributed by atoms with E-state index in [4.69, 9.17) is 4.52 Å². The quantitative estimate of drug-likeness (QED) is 0.906. The Morgan fingerprint density at radius 1 is 1.32 bits per heavy atom. The van der Waals surface area contributed by atoms with Crippen LogP contribution in [-0.2, 0) is 0 Å². The molecule has 2 rings (SSSR count). The van der Waals surface area contributed by atoms with Crippen LogP contribution in [0.25, 0.3) is 0 Å². The van der Waals surface area contributed by atoms with Crippen molar-refractivity contribution in [1.82, 2.24) is 15.4 Å². The molecule has 1 aliphatic rings. The first kappa shape index (κ1) is 14.1. The van der Waals surface area contributed by atoms with Gasteiger partial charge < -0.3 is 14.7 Å². The maximum absolute atomic E-state index is 12.5. The third-order valence-electron chi connectivity index (χ3n) is 4.22. The summed E-state index contributed by atoms with van der Waals surface area (Å²) in [4.78, 5) is 14.4. The van der Waals surface area contributed by atoms with Gasteiger partial charge in [0.15, 0.2) is 0 Å². The number of hydrogen-bond donors (Lipinski definition) is 1. The Morgan fingerprint density at radius 2 is 1.95 bits per heavy atom. The van der Waals surface area contributed by atoms with Gasteiger partial charge in [0.25, 0.3) is 5.91 Å². The first-order valence-electron chi connectivity index (χ1n) is 6.92. The fourth-order valence-electron chi connectivity index (χ4n) is 2.88. The number of nitrogens with one attached hydrogen (secondary N) is 1. The Balaban J connectivity index is 2.04. The first-order valence-corrected chi connectivity index (χ1v) is 6.92. The first-order chi connectivity index (χ1) is 9.04. The van der Waals surface area contributed by atoms with E-state index in [-0.39, 0.29) is 5.91 Å². The number of nitrogens with zero attached hydrogens (tertiary/aromatic N) is 2. The van der Waals surface area contributed by atoms with Gasteiger partial charge >= 0.3 is 0 Å². The molecular weight excluding hydrogens is 242 g/mol. The molecule has 5 heteroatoms. The van der Waals surface area contributed by atoms with E-state index >= 15 is 0 Å². The average Bonchev–Trinajstić information content (AvgIpc) is 2.77. The zero-order chi connectivity index (χ0) is 14.0. The van der Waals surface area contributed by atoms with Crippen molar-refractivity contribution in [3.63, 3.8) is 0 Å². The van der Waals surface area contributed by atoms with E-state index in [1.54, 1.807) is 6.92 Å². The summed E-state index contributed by atoms with van der Waals surface area (Å²) >= 11 is 0. The van der Waals surface area contributed by atoms with E-state index in [1.165, 1.54) is 0 Å². The number of hydrogen-bond acceptors (Lipinski definition) is 4. The fraction of sp³-hybridized carbons (Fsp3) is 0.714. The van der Waals surface area contributed by atoms with Crippen molar-refractivity contribution < 1.29 is 9.32 Å². The smallest absolute Gasteiger partial charge is 0.259 e.